The van der Waals surface area contributed by atoms with Crippen molar-refractivity contribution in [3.8, 4) is 5.75 Å². The third kappa shape index (κ3) is 3.38. The van der Waals surface area contributed by atoms with E-state index in [-0.39, 0.29) is 24.1 Å². The highest BCUT2D eigenvalue weighted by Gasteiger charge is 2.18. The fourth-order valence-corrected chi connectivity index (χ4v) is 2.94. The summed E-state index contributed by atoms with van der Waals surface area (Å²) in [5, 5.41) is 0.901. The first kappa shape index (κ1) is 15.6. The predicted octanol–water partition coefficient (Wildman–Crippen LogP) is 2.92. The molecule has 3 rings (SSSR count). The molecule has 0 aliphatic carbocycles. The smallest absolute Gasteiger partial charge is 0.336 e. The van der Waals surface area contributed by atoms with E-state index in [1.54, 1.807) is 6.07 Å². The number of benzene rings is 1. The summed E-state index contributed by atoms with van der Waals surface area (Å²) in [5.41, 5.74) is 1.08. The molecule has 1 aromatic heterocycles. The number of amides is 1. The number of carbonyl (C=O) groups excluding carboxylic acids is 1. The second-order valence-electron chi connectivity index (χ2n) is 6.21. The second kappa shape index (κ2) is 6.44. The summed E-state index contributed by atoms with van der Waals surface area (Å²) in [6, 6.07) is 6.90. The van der Waals surface area contributed by atoms with Crippen LogP contribution in [-0.4, -0.2) is 30.5 Å². The summed E-state index contributed by atoms with van der Waals surface area (Å²) in [5.74, 6) is 0.763. The van der Waals surface area contributed by atoms with Crippen LogP contribution in [0.15, 0.2) is 33.5 Å². The minimum Gasteiger partial charge on any atom is -0.484 e. The zero-order chi connectivity index (χ0) is 16.4. The molecule has 1 amide bonds. The van der Waals surface area contributed by atoms with E-state index in [9.17, 15) is 9.59 Å². The lowest BCUT2D eigenvalue weighted by Crippen LogP contribution is -2.32. The average Bonchev–Trinajstić information content (AvgIpc) is 3.05. The molecule has 0 atom stereocenters. The lowest BCUT2D eigenvalue weighted by Gasteiger charge is -2.15. The van der Waals surface area contributed by atoms with E-state index in [0.717, 1.165) is 36.9 Å². The zero-order valence-electron chi connectivity index (χ0n) is 13.5. The van der Waals surface area contributed by atoms with Gasteiger partial charge in [-0.15, -0.1) is 0 Å². The molecule has 1 fully saturated rings. The Labute approximate surface area is 134 Å². The summed E-state index contributed by atoms with van der Waals surface area (Å²) in [6.07, 6.45) is 2.12. The molecule has 122 valence electrons. The van der Waals surface area contributed by atoms with Crippen molar-refractivity contribution >= 4 is 16.9 Å². The number of hydrogen-bond donors (Lipinski definition) is 0. The molecule has 1 saturated heterocycles. The summed E-state index contributed by atoms with van der Waals surface area (Å²) in [7, 11) is 0. The number of hydrogen-bond acceptors (Lipinski definition) is 4. The molecule has 0 unspecified atom stereocenters. The highest BCUT2D eigenvalue weighted by Crippen LogP contribution is 2.27. The van der Waals surface area contributed by atoms with E-state index >= 15 is 0 Å². The van der Waals surface area contributed by atoms with Crippen molar-refractivity contribution in [2.75, 3.05) is 19.7 Å². The number of nitrogens with zero attached hydrogens (tertiary/aromatic N) is 1. The fourth-order valence-electron chi connectivity index (χ4n) is 2.94. The lowest BCUT2D eigenvalue weighted by atomic mass is 10.00. The van der Waals surface area contributed by atoms with Gasteiger partial charge in [-0.1, -0.05) is 13.8 Å². The van der Waals surface area contributed by atoms with Gasteiger partial charge >= 0.3 is 5.63 Å². The van der Waals surface area contributed by atoms with Gasteiger partial charge in [-0.25, -0.2) is 4.79 Å². The fraction of sp³-hybridized carbons (Fsp3) is 0.444. The van der Waals surface area contributed by atoms with Gasteiger partial charge < -0.3 is 14.1 Å². The van der Waals surface area contributed by atoms with Gasteiger partial charge in [-0.3, -0.25) is 4.79 Å². The molecule has 0 N–H and O–H groups in total. The Balaban J connectivity index is 1.80. The molecule has 23 heavy (non-hydrogen) atoms. The van der Waals surface area contributed by atoms with Crippen LogP contribution in [0, 0.1) is 0 Å². The number of rotatable bonds is 4. The van der Waals surface area contributed by atoms with Gasteiger partial charge in [0.25, 0.3) is 5.91 Å². The Morgan fingerprint density at radius 1 is 1.26 bits per heavy atom. The molecule has 0 bridgehead atoms. The van der Waals surface area contributed by atoms with Gasteiger partial charge in [0.2, 0.25) is 0 Å². The van der Waals surface area contributed by atoms with Crippen molar-refractivity contribution in [1.29, 1.82) is 0 Å². The normalized spacial score (nSPS) is 14.7. The van der Waals surface area contributed by atoms with Gasteiger partial charge in [0, 0.05) is 30.6 Å². The van der Waals surface area contributed by atoms with Gasteiger partial charge in [0.05, 0.1) is 0 Å². The van der Waals surface area contributed by atoms with E-state index in [2.05, 4.69) is 0 Å². The average molecular weight is 315 g/mol. The first-order chi connectivity index (χ1) is 11.0. The van der Waals surface area contributed by atoms with Crippen LogP contribution in [0.25, 0.3) is 11.0 Å². The van der Waals surface area contributed by atoms with Gasteiger partial charge in [0.1, 0.15) is 11.3 Å². The van der Waals surface area contributed by atoms with E-state index in [1.807, 2.05) is 30.9 Å². The maximum absolute atomic E-state index is 12.0. The Kier molecular flexibility index (Phi) is 4.37. The van der Waals surface area contributed by atoms with Gasteiger partial charge in [-0.05, 0) is 36.5 Å². The van der Waals surface area contributed by atoms with Crippen LogP contribution in [0.1, 0.15) is 38.2 Å². The topological polar surface area (TPSA) is 59.8 Å². The number of ether oxygens (including phenoxy) is 1. The number of fused-ring (bicyclic) bond motifs is 1. The molecule has 5 nitrogen and oxygen atoms in total. The van der Waals surface area contributed by atoms with Crippen LogP contribution in [0.2, 0.25) is 0 Å². The minimum atomic E-state index is -0.369. The number of likely N-dealkylation sites (tertiary alicyclic amines) is 1. The van der Waals surface area contributed by atoms with Crippen molar-refractivity contribution < 1.29 is 13.9 Å². The van der Waals surface area contributed by atoms with E-state index in [1.165, 1.54) is 6.07 Å². The Hall–Kier alpha value is -2.30. The van der Waals surface area contributed by atoms with Crippen molar-refractivity contribution in [2.24, 2.45) is 0 Å². The minimum absolute atomic E-state index is 0.0000178. The van der Waals surface area contributed by atoms with Crippen LogP contribution in [0.4, 0.5) is 0 Å². The Morgan fingerprint density at radius 3 is 2.70 bits per heavy atom. The highest BCUT2D eigenvalue weighted by atomic mass is 16.5. The Bertz CT molecular complexity index is 772. The van der Waals surface area contributed by atoms with Gasteiger partial charge in [-0.2, -0.15) is 0 Å². The quantitative estimate of drug-likeness (QED) is 0.814. The summed E-state index contributed by atoms with van der Waals surface area (Å²) in [6.45, 7) is 5.71. The molecule has 0 saturated carbocycles. The van der Waals surface area contributed by atoms with Crippen LogP contribution < -0.4 is 10.4 Å². The molecule has 0 spiro atoms. The largest absolute Gasteiger partial charge is 0.484 e. The lowest BCUT2D eigenvalue weighted by molar-refractivity contribution is -0.132. The third-order valence-electron chi connectivity index (χ3n) is 4.19. The van der Waals surface area contributed by atoms with E-state index < -0.39 is 0 Å². The first-order valence-corrected chi connectivity index (χ1v) is 8.03. The molecule has 1 aromatic carbocycles. The van der Waals surface area contributed by atoms with E-state index in [4.69, 9.17) is 9.15 Å². The Morgan fingerprint density at radius 2 is 2.00 bits per heavy atom. The summed E-state index contributed by atoms with van der Waals surface area (Å²) < 4.78 is 10.8. The zero-order valence-corrected chi connectivity index (χ0v) is 13.5. The monoisotopic (exact) mass is 315 g/mol. The molecule has 5 heteroatoms. The third-order valence-corrected chi connectivity index (χ3v) is 4.19. The van der Waals surface area contributed by atoms with Gasteiger partial charge in [0.15, 0.2) is 6.61 Å². The van der Waals surface area contributed by atoms with Crippen LogP contribution in [0.5, 0.6) is 5.75 Å². The SMILES string of the molecule is CC(C)c1cc(=O)oc2cc(OCC(=O)N3CCCC3)ccc12. The maximum Gasteiger partial charge on any atom is 0.336 e. The van der Waals surface area contributed by atoms with Crippen molar-refractivity contribution in [1.82, 2.24) is 4.90 Å². The van der Waals surface area contributed by atoms with Crippen LogP contribution in [0.3, 0.4) is 0 Å². The predicted molar refractivity (Wildman–Crippen MR) is 87.9 cm³/mol. The second-order valence-corrected chi connectivity index (χ2v) is 6.21. The maximum atomic E-state index is 12.0. The molecule has 2 heterocycles. The molecule has 2 aromatic rings. The first-order valence-electron chi connectivity index (χ1n) is 8.03. The standard InChI is InChI=1S/C18H21NO4/c1-12(2)15-10-18(21)23-16-9-13(5-6-14(15)16)22-11-17(20)19-7-3-4-8-19/h5-6,9-10,12H,3-4,7-8,11H2,1-2H3. The summed E-state index contributed by atoms with van der Waals surface area (Å²) in [4.78, 5) is 25.5. The van der Waals surface area contributed by atoms with E-state index in [0.29, 0.717) is 11.3 Å². The molecule has 1 aliphatic heterocycles. The van der Waals surface area contributed by atoms with Crippen molar-refractivity contribution in [3.05, 3.63) is 40.2 Å². The van der Waals surface area contributed by atoms with Crippen LogP contribution in [-0.2, 0) is 4.79 Å². The highest BCUT2D eigenvalue weighted by molar-refractivity contribution is 5.82. The molecular weight excluding hydrogens is 294 g/mol. The molecular formula is C18H21NO4. The van der Waals surface area contributed by atoms with Crippen LogP contribution >= 0.6 is 0 Å². The number of carbonyl (C=O) groups is 1. The summed E-state index contributed by atoms with van der Waals surface area (Å²) >= 11 is 0. The molecule has 0 radical (unpaired) electrons. The molecule has 1 aliphatic rings. The van der Waals surface area contributed by atoms with Crippen molar-refractivity contribution in [3.63, 3.8) is 0 Å². The van der Waals surface area contributed by atoms with Crippen molar-refractivity contribution in [2.45, 2.75) is 32.6 Å².